The highest BCUT2D eigenvalue weighted by atomic mass is 79.9. The molecule has 1 aromatic heterocycles. The van der Waals surface area contributed by atoms with Gasteiger partial charge in [-0.1, -0.05) is 15.9 Å². The normalized spacial score (nSPS) is 12.8. The summed E-state index contributed by atoms with van der Waals surface area (Å²) in [4.78, 5) is 0. The van der Waals surface area contributed by atoms with Crippen molar-refractivity contribution in [1.29, 1.82) is 0 Å². The molecular weight excluding hydrogens is 282 g/mol. The molecule has 0 amide bonds. The maximum atomic E-state index is 13.5. The van der Waals surface area contributed by atoms with E-state index in [4.69, 9.17) is 4.42 Å². The molecule has 2 rings (SSSR count). The predicted octanol–water partition coefficient (Wildman–Crippen LogP) is 3.40. The fourth-order valence-electron chi connectivity index (χ4n) is 1.40. The lowest BCUT2D eigenvalue weighted by atomic mass is 10.1. The number of rotatable bonds is 2. The van der Waals surface area contributed by atoms with E-state index in [9.17, 15) is 13.9 Å². The molecular formula is C11H7BrF2O2. The second-order valence-electron chi connectivity index (χ2n) is 3.20. The van der Waals surface area contributed by atoms with E-state index >= 15 is 0 Å². The van der Waals surface area contributed by atoms with Gasteiger partial charge in [0.25, 0.3) is 0 Å². The van der Waals surface area contributed by atoms with Crippen molar-refractivity contribution in [2.45, 2.75) is 6.10 Å². The first kappa shape index (κ1) is 11.3. The van der Waals surface area contributed by atoms with Crippen LogP contribution in [0.1, 0.15) is 17.4 Å². The van der Waals surface area contributed by atoms with Gasteiger partial charge in [0.15, 0.2) is 0 Å². The number of hydrogen-bond acceptors (Lipinski definition) is 2. The van der Waals surface area contributed by atoms with Crippen molar-refractivity contribution in [3.63, 3.8) is 0 Å². The van der Waals surface area contributed by atoms with Crippen molar-refractivity contribution >= 4 is 15.9 Å². The molecule has 2 aromatic rings. The first-order valence-corrected chi connectivity index (χ1v) is 5.25. The molecule has 1 aromatic carbocycles. The van der Waals surface area contributed by atoms with Gasteiger partial charge >= 0.3 is 0 Å². The van der Waals surface area contributed by atoms with Crippen LogP contribution < -0.4 is 0 Å². The Kier molecular flexibility index (Phi) is 3.07. The van der Waals surface area contributed by atoms with Crippen molar-refractivity contribution in [2.75, 3.05) is 0 Å². The van der Waals surface area contributed by atoms with Crippen molar-refractivity contribution < 1.29 is 18.3 Å². The second kappa shape index (κ2) is 4.35. The zero-order valence-corrected chi connectivity index (χ0v) is 9.54. The molecule has 0 saturated heterocycles. The summed E-state index contributed by atoms with van der Waals surface area (Å²) in [5.74, 6) is -1.55. The molecule has 0 spiro atoms. The minimum absolute atomic E-state index is 0.0973. The summed E-state index contributed by atoms with van der Waals surface area (Å²) in [6.07, 6.45) is -0.115. The zero-order chi connectivity index (χ0) is 11.7. The molecule has 16 heavy (non-hydrogen) atoms. The molecule has 0 bridgehead atoms. The van der Waals surface area contributed by atoms with E-state index in [0.29, 0.717) is 0 Å². The molecule has 0 saturated carbocycles. The molecule has 1 atom stereocenters. The Balaban J connectivity index is 2.48. The SMILES string of the molecule is OC(c1ccco1)c1c(F)cc(Br)cc1F. The van der Waals surface area contributed by atoms with E-state index in [1.807, 2.05) is 0 Å². The second-order valence-corrected chi connectivity index (χ2v) is 4.12. The van der Waals surface area contributed by atoms with E-state index in [-0.39, 0.29) is 10.2 Å². The highest BCUT2D eigenvalue weighted by Gasteiger charge is 2.22. The van der Waals surface area contributed by atoms with Crippen LogP contribution in [0.25, 0.3) is 0 Å². The molecule has 1 N–H and O–H groups in total. The number of benzene rings is 1. The Bertz CT molecular complexity index is 474. The Morgan fingerprint density at radius 2 is 1.88 bits per heavy atom. The molecule has 2 nitrogen and oxygen atoms in total. The van der Waals surface area contributed by atoms with Gasteiger partial charge < -0.3 is 9.52 Å². The maximum Gasteiger partial charge on any atom is 0.142 e. The summed E-state index contributed by atoms with van der Waals surface area (Å²) >= 11 is 2.96. The van der Waals surface area contributed by atoms with Gasteiger partial charge in [0.1, 0.15) is 23.5 Å². The number of aliphatic hydroxyl groups excluding tert-OH is 1. The van der Waals surface area contributed by atoms with E-state index < -0.39 is 23.3 Å². The van der Waals surface area contributed by atoms with Gasteiger partial charge in [-0.25, -0.2) is 8.78 Å². The number of furan rings is 1. The smallest absolute Gasteiger partial charge is 0.142 e. The topological polar surface area (TPSA) is 33.4 Å². The van der Waals surface area contributed by atoms with Crippen LogP contribution in [0, 0.1) is 11.6 Å². The first-order chi connectivity index (χ1) is 7.59. The monoisotopic (exact) mass is 288 g/mol. The van der Waals surface area contributed by atoms with Gasteiger partial charge in [-0.15, -0.1) is 0 Å². The molecule has 0 fully saturated rings. The third-order valence-electron chi connectivity index (χ3n) is 2.13. The van der Waals surface area contributed by atoms with Gasteiger partial charge in [0, 0.05) is 4.47 Å². The molecule has 1 unspecified atom stereocenters. The third kappa shape index (κ3) is 2.01. The van der Waals surface area contributed by atoms with Crippen LogP contribution in [0.15, 0.2) is 39.4 Å². The highest BCUT2D eigenvalue weighted by molar-refractivity contribution is 9.10. The van der Waals surface area contributed by atoms with Gasteiger partial charge in [0.2, 0.25) is 0 Å². The van der Waals surface area contributed by atoms with Crippen molar-refractivity contribution in [1.82, 2.24) is 0 Å². The fourth-order valence-corrected chi connectivity index (χ4v) is 1.81. The van der Waals surface area contributed by atoms with Crippen molar-refractivity contribution in [2.24, 2.45) is 0 Å². The lowest BCUT2D eigenvalue weighted by Crippen LogP contribution is -2.05. The van der Waals surface area contributed by atoms with Crippen LogP contribution in [0.3, 0.4) is 0 Å². The van der Waals surface area contributed by atoms with Crippen LogP contribution in [-0.2, 0) is 0 Å². The molecule has 1 heterocycles. The van der Waals surface area contributed by atoms with Gasteiger partial charge in [-0.3, -0.25) is 0 Å². The molecule has 0 aliphatic carbocycles. The van der Waals surface area contributed by atoms with Crippen LogP contribution in [0.2, 0.25) is 0 Å². The van der Waals surface area contributed by atoms with Crippen molar-refractivity contribution in [3.05, 3.63) is 58.0 Å². The molecule has 5 heteroatoms. The molecule has 0 aliphatic rings. The van der Waals surface area contributed by atoms with Gasteiger partial charge in [-0.2, -0.15) is 0 Å². The third-order valence-corrected chi connectivity index (χ3v) is 2.59. The molecule has 84 valence electrons. The molecule has 0 aliphatic heterocycles. The summed E-state index contributed by atoms with van der Waals surface area (Å²) in [6, 6.07) is 5.16. The van der Waals surface area contributed by atoms with Gasteiger partial charge in [-0.05, 0) is 24.3 Å². The maximum absolute atomic E-state index is 13.5. The van der Waals surface area contributed by atoms with E-state index in [1.54, 1.807) is 0 Å². The Morgan fingerprint density at radius 3 is 2.38 bits per heavy atom. The van der Waals surface area contributed by atoms with Crippen LogP contribution in [0.5, 0.6) is 0 Å². The summed E-state index contributed by atoms with van der Waals surface area (Å²) in [5, 5.41) is 9.74. The highest BCUT2D eigenvalue weighted by Crippen LogP contribution is 2.29. The minimum atomic E-state index is -1.44. The fraction of sp³-hybridized carbons (Fsp3) is 0.0909. The summed E-state index contributed by atoms with van der Waals surface area (Å²) in [7, 11) is 0. The van der Waals surface area contributed by atoms with Crippen LogP contribution in [-0.4, -0.2) is 5.11 Å². The van der Waals surface area contributed by atoms with Gasteiger partial charge in [0.05, 0.1) is 11.8 Å². The van der Waals surface area contributed by atoms with Crippen LogP contribution in [0.4, 0.5) is 8.78 Å². The first-order valence-electron chi connectivity index (χ1n) is 4.45. The quantitative estimate of drug-likeness (QED) is 0.919. The lowest BCUT2D eigenvalue weighted by molar-refractivity contribution is 0.179. The summed E-state index contributed by atoms with van der Waals surface area (Å²) in [5.41, 5.74) is -0.418. The Hall–Kier alpha value is -1.20. The Morgan fingerprint density at radius 1 is 1.25 bits per heavy atom. The lowest BCUT2D eigenvalue weighted by Gasteiger charge is -2.10. The Labute approximate surface area is 98.6 Å². The van der Waals surface area contributed by atoms with Crippen molar-refractivity contribution in [3.8, 4) is 0 Å². The largest absolute Gasteiger partial charge is 0.466 e. The number of hydrogen-bond donors (Lipinski definition) is 1. The number of aliphatic hydroxyl groups is 1. The average molecular weight is 289 g/mol. The zero-order valence-electron chi connectivity index (χ0n) is 7.95. The van der Waals surface area contributed by atoms with E-state index in [0.717, 1.165) is 12.1 Å². The van der Waals surface area contributed by atoms with E-state index in [1.165, 1.54) is 18.4 Å². The van der Waals surface area contributed by atoms with E-state index in [2.05, 4.69) is 15.9 Å². The molecule has 0 radical (unpaired) electrons. The summed E-state index contributed by atoms with van der Waals surface area (Å²) in [6.45, 7) is 0. The number of halogens is 3. The predicted molar refractivity (Wildman–Crippen MR) is 56.8 cm³/mol. The standard InChI is InChI=1S/C11H7BrF2O2/c12-6-4-7(13)10(8(14)5-6)11(15)9-2-1-3-16-9/h1-5,11,15H. The summed E-state index contributed by atoms with van der Waals surface area (Å²) < 4.78 is 32.1. The van der Waals surface area contributed by atoms with Crippen LogP contribution >= 0.6 is 15.9 Å². The minimum Gasteiger partial charge on any atom is -0.466 e. The average Bonchev–Trinajstić information content (AvgIpc) is 2.67.